The lowest BCUT2D eigenvalue weighted by molar-refractivity contribution is -0.138. The summed E-state index contributed by atoms with van der Waals surface area (Å²) in [6.45, 7) is -0.412. The number of rotatable bonds is 3. The number of aliphatic hydroxyl groups is 1. The van der Waals surface area contributed by atoms with Crippen LogP contribution in [0.1, 0.15) is 27.8 Å². The largest absolute Gasteiger partial charge is 0.416 e. The van der Waals surface area contributed by atoms with Gasteiger partial charge in [0.25, 0.3) is 0 Å². The lowest BCUT2D eigenvalue weighted by atomic mass is 10.0. The maximum absolute atomic E-state index is 12.6. The molecule has 3 aromatic carbocycles. The Hall–Kier alpha value is -1.84. The Labute approximate surface area is 192 Å². The highest BCUT2D eigenvalue weighted by Gasteiger charge is 2.31. The molecular weight excluding hydrogens is 554 g/mol. The number of benzene rings is 3. The van der Waals surface area contributed by atoms with Gasteiger partial charge in [0.2, 0.25) is 0 Å². The molecule has 0 fully saturated rings. The highest BCUT2D eigenvalue weighted by molar-refractivity contribution is 9.10. The predicted octanol–water partition coefficient (Wildman–Crippen LogP) is 8.02. The molecule has 0 spiro atoms. The molecule has 0 atom stereocenters. The summed E-state index contributed by atoms with van der Waals surface area (Å²) in [5.41, 5.74) is 0.486. The third-order valence-electron chi connectivity index (χ3n) is 4.15. The normalized spacial score (nSPS) is 11.6. The molecule has 0 bridgehead atoms. The Morgan fingerprint density at radius 2 is 1.10 bits per heavy atom. The maximum atomic E-state index is 12.6. The molecule has 0 aliphatic rings. The van der Waals surface area contributed by atoms with Gasteiger partial charge in [-0.25, -0.2) is 0 Å². The average Bonchev–Trinajstić information content (AvgIpc) is 2.69. The third-order valence-corrected chi connectivity index (χ3v) is 5.70. The number of hydrogen-bond donors (Lipinski definition) is 1. The van der Waals surface area contributed by atoms with Crippen LogP contribution < -0.4 is 0 Å². The highest BCUT2D eigenvalue weighted by atomic mass is 79.9. The second kappa shape index (κ2) is 10.7. The van der Waals surface area contributed by atoms with E-state index in [1.165, 1.54) is 18.2 Å². The van der Waals surface area contributed by atoms with Crippen LogP contribution in [-0.4, -0.2) is 5.11 Å². The fourth-order valence-corrected chi connectivity index (χ4v) is 3.33. The van der Waals surface area contributed by atoms with Crippen LogP contribution in [0.5, 0.6) is 0 Å². The zero-order valence-corrected chi connectivity index (χ0v) is 18.9. The van der Waals surface area contributed by atoms with Crippen LogP contribution in [-0.2, 0) is 25.4 Å². The zero-order valence-electron chi connectivity index (χ0n) is 15.7. The van der Waals surface area contributed by atoms with E-state index in [2.05, 4.69) is 31.9 Å². The molecule has 1 nitrogen and oxygen atoms in total. The van der Waals surface area contributed by atoms with E-state index in [0.717, 1.165) is 23.8 Å². The Bertz CT molecular complexity index is 1000. The Balaban J connectivity index is 0.000000233. The first-order chi connectivity index (χ1) is 14.4. The van der Waals surface area contributed by atoms with Crippen molar-refractivity contribution in [1.29, 1.82) is 0 Å². The van der Waals surface area contributed by atoms with Crippen LogP contribution >= 0.6 is 31.9 Å². The molecule has 0 radical (unpaired) electrons. The van der Waals surface area contributed by atoms with Gasteiger partial charge in [-0.3, -0.25) is 0 Å². The molecular formula is C22H16Br2F6O. The van der Waals surface area contributed by atoms with Gasteiger partial charge in [0.1, 0.15) is 0 Å². The van der Waals surface area contributed by atoms with Crippen molar-refractivity contribution in [1.82, 2.24) is 0 Å². The summed E-state index contributed by atoms with van der Waals surface area (Å²) in [5.74, 6) is 0. The Kier molecular flexibility index (Phi) is 8.73. The van der Waals surface area contributed by atoms with Crippen molar-refractivity contribution in [3.05, 3.63) is 103 Å². The minimum absolute atomic E-state index is 0.231. The quantitative estimate of drug-likeness (QED) is 0.317. The van der Waals surface area contributed by atoms with Crippen molar-refractivity contribution in [2.24, 2.45) is 0 Å². The van der Waals surface area contributed by atoms with Crippen molar-refractivity contribution in [2.45, 2.75) is 25.4 Å². The SMILES string of the molecule is FC(F)(F)c1ccc(Br)c(Cc2ccccc2)c1.OCc1cc(C(F)(F)F)ccc1Br. The van der Waals surface area contributed by atoms with Gasteiger partial charge in [-0.2, -0.15) is 26.3 Å². The molecule has 0 unspecified atom stereocenters. The first kappa shape index (κ1) is 25.4. The summed E-state index contributed by atoms with van der Waals surface area (Å²) in [5, 5.41) is 8.71. The lowest BCUT2D eigenvalue weighted by Crippen LogP contribution is -2.05. The van der Waals surface area contributed by atoms with E-state index >= 15 is 0 Å². The van der Waals surface area contributed by atoms with Crippen LogP contribution in [0, 0.1) is 0 Å². The number of aliphatic hydroxyl groups excluding tert-OH is 1. The first-order valence-electron chi connectivity index (χ1n) is 8.78. The van der Waals surface area contributed by atoms with Crippen LogP contribution in [0.15, 0.2) is 75.7 Å². The van der Waals surface area contributed by atoms with Crippen LogP contribution in [0.3, 0.4) is 0 Å². The van der Waals surface area contributed by atoms with Gasteiger partial charge in [-0.1, -0.05) is 62.2 Å². The summed E-state index contributed by atoms with van der Waals surface area (Å²) in [6.07, 6.45) is -8.18. The highest BCUT2D eigenvalue weighted by Crippen LogP contribution is 2.33. The van der Waals surface area contributed by atoms with E-state index < -0.39 is 30.1 Å². The Morgan fingerprint density at radius 3 is 1.55 bits per heavy atom. The summed E-state index contributed by atoms with van der Waals surface area (Å²) >= 11 is 6.32. The smallest absolute Gasteiger partial charge is 0.392 e. The zero-order chi connectivity index (χ0) is 23.2. The summed E-state index contributed by atoms with van der Waals surface area (Å²) < 4.78 is 75.5. The predicted molar refractivity (Wildman–Crippen MR) is 113 cm³/mol. The van der Waals surface area contributed by atoms with E-state index in [1.54, 1.807) is 0 Å². The van der Waals surface area contributed by atoms with Crippen LogP contribution in [0.25, 0.3) is 0 Å². The summed E-state index contributed by atoms with van der Waals surface area (Å²) in [6, 6.07) is 16.3. The van der Waals surface area contributed by atoms with Crippen molar-refractivity contribution in [2.75, 3.05) is 0 Å². The van der Waals surface area contributed by atoms with E-state index in [0.29, 0.717) is 20.9 Å². The lowest BCUT2D eigenvalue weighted by Gasteiger charge is -2.10. The van der Waals surface area contributed by atoms with Crippen LogP contribution in [0.2, 0.25) is 0 Å². The third kappa shape index (κ3) is 7.66. The molecule has 0 aliphatic carbocycles. The average molecular weight is 570 g/mol. The number of alkyl halides is 6. The topological polar surface area (TPSA) is 20.2 Å². The minimum atomic E-state index is -4.36. The fourth-order valence-electron chi connectivity index (χ4n) is 2.57. The molecule has 3 rings (SSSR count). The van der Waals surface area contributed by atoms with Gasteiger partial charge in [0.15, 0.2) is 0 Å². The first-order valence-corrected chi connectivity index (χ1v) is 10.4. The molecule has 1 N–H and O–H groups in total. The second-order valence-electron chi connectivity index (χ2n) is 6.43. The molecule has 0 heterocycles. The molecule has 0 aliphatic heterocycles. The minimum Gasteiger partial charge on any atom is -0.392 e. The van der Waals surface area contributed by atoms with Crippen molar-refractivity contribution in [3.8, 4) is 0 Å². The molecule has 166 valence electrons. The number of halogens is 8. The second-order valence-corrected chi connectivity index (χ2v) is 8.14. The Morgan fingerprint density at radius 1 is 0.645 bits per heavy atom. The standard InChI is InChI=1S/C14H10BrF3.C8H6BrF3O/c15-13-7-6-12(14(16,17)18)9-11(13)8-10-4-2-1-3-5-10;9-7-2-1-6(8(10,11)12)3-5(7)4-13/h1-7,9H,8H2;1-3,13H,4H2. The fraction of sp³-hybridized carbons (Fsp3) is 0.182. The van der Waals surface area contributed by atoms with E-state index in [1.807, 2.05) is 30.3 Å². The van der Waals surface area contributed by atoms with Gasteiger partial charge in [0, 0.05) is 8.95 Å². The van der Waals surface area contributed by atoms with E-state index in [9.17, 15) is 26.3 Å². The van der Waals surface area contributed by atoms with Crippen molar-refractivity contribution in [3.63, 3.8) is 0 Å². The number of hydrogen-bond acceptors (Lipinski definition) is 1. The molecule has 0 saturated carbocycles. The van der Waals surface area contributed by atoms with Gasteiger partial charge in [0.05, 0.1) is 17.7 Å². The van der Waals surface area contributed by atoms with Crippen molar-refractivity contribution < 1.29 is 31.4 Å². The van der Waals surface area contributed by atoms with E-state index in [4.69, 9.17) is 5.11 Å². The van der Waals surface area contributed by atoms with Gasteiger partial charge in [-0.15, -0.1) is 0 Å². The molecule has 0 amide bonds. The molecule has 9 heteroatoms. The summed E-state index contributed by atoms with van der Waals surface area (Å²) in [7, 11) is 0. The summed E-state index contributed by atoms with van der Waals surface area (Å²) in [4.78, 5) is 0. The van der Waals surface area contributed by atoms with Gasteiger partial charge >= 0.3 is 12.4 Å². The molecule has 0 saturated heterocycles. The van der Waals surface area contributed by atoms with Crippen molar-refractivity contribution >= 4 is 31.9 Å². The monoisotopic (exact) mass is 568 g/mol. The van der Waals surface area contributed by atoms with Gasteiger partial charge in [-0.05, 0) is 59.5 Å². The van der Waals surface area contributed by atoms with Gasteiger partial charge < -0.3 is 5.11 Å². The molecule has 3 aromatic rings. The van der Waals surface area contributed by atoms with Crippen LogP contribution in [0.4, 0.5) is 26.3 Å². The molecule has 0 aromatic heterocycles. The maximum Gasteiger partial charge on any atom is 0.416 e. The molecule has 31 heavy (non-hydrogen) atoms. The van der Waals surface area contributed by atoms with E-state index in [-0.39, 0.29) is 5.56 Å².